The number of rotatable bonds is 11. The fraction of sp³-hybridized carbons (Fsp3) is 0.722. The summed E-state index contributed by atoms with van der Waals surface area (Å²) < 4.78 is 4.93. The monoisotopic (exact) mass is 368 g/mol. The van der Waals surface area contributed by atoms with E-state index in [1.165, 1.54) is 0 Å². The summed E-state index contributed by atoms with van der Waals surface area (Å²) in [4.78, 5) is 22.6. The molecule has 0 aliphatic rings. The topological polar surface area (TPSA) is 66.8 Å². The second-order valence-electron chi connectivity index (χ2n) is 5.92. The van der Waals surface area contributed by atoms with E-state index in [9.17, 15) is 4.79 Å². The van der Waals surface area contributed by atoms with Gasteiger partial charge in [0, 0.05) is 31.9 Å². The fourth-order valence-electron chi connectivity index (χ4n) is 2.42. The highest BCUT2D eigenvalue weighted by Crippen LogP contribution is 2.10. The lowest BCUT2D eigenvalue weighted by atomic mass is 10.1. The molecule has 25 heavy (non-hydrogen) atoms. The zero-order valence-corrected chi connectivity index (χ0v) is 16.8. The Balaban J connectivity index is 2.29. The molecule has 0 radical (unpaired) electrons. The van der Waals surface area contributed by atoms with E-state index in [1.807, 2.05) is 20.9 Å². The van der Waals surface area contributed by atoms with Gasteiger partial charge in [0.15, 0.2) is 5.96 Å². The van der Waals surface area contributed by atoms with E-state index in [2.05, 4.69) is 27.5 Å². The van der Waals surface area contributed by atoms with E-state index in [4.69, 9.17) is 9.73 Å². The second-order valence-corrected chi connectivity index (χ2v) is 6.98. The zero-order valence-electron chi connectivity index (χ0n) is 16.0. The third-order valence-corrected chi connectivity index (χ3v) is 4.44. The van der Waals surface area contributed by atoms with Crippen LogP contribution in [0.1, 0.15) is 56.7 Å². The first-order valence-electron chi connectivity index (χ1n) is 9.12. The molecule has 0 fully saturated rings. The Hall–Kier alpha value is -1.63. The minimum atomic E-state index is -0.0890. The van der Waals surface area contributed by atoms with Gasteiger partial charge >= 0.3 is 5.97 Å². The highest BCUT2D eigenvalue weighted by atomic mass is 32.1. The summed E-state index contributed by atoms with van der Waals surface area (Å²) in [5.74, 6) is 0.827. The summed E-state index contributed by atoms with van der Waals surface area (Å²) in [6, 6.07) is 0. The molecule has 7 heteroatoms. The van der Waals surface area contributed by atoms with Gasteiger partial charge in [0.1, 0.15) is 0 Å². The van der Waals surface area contributed by atoms with Crippen molar-refractivity contribution in [2.45, 2.75) is 59.4 Å². The van der Waals surface area contributed by atoms with E-state index < -0.39 is 0 Å². The first-order valence-corrected chi connectivity index (χ1v) is 10.0. The normalized spacial score (nSPS) is 11.4. The summed E-state index contributed by atoms with van der Waals surface area (Å²) in [5, 5.41) is 6.52. The molecule has 0 aromatic carbocycles. The number of hydrogen-bond donors (Lipinski definition) is 1. The molecule has 1 rings (SSSR count). The van der Waals surface area contributed by atoms with Crippen molar-refractivity contribution in [3.8, 4) is 0 Å². The van der Waals surface area contributed by atoms with E-state index in [0.717, 1.165) is 62.0 Å². The number of aliphatic imine (C=N–C) groups is 1. The molecule has 0 aliphatic heterocycles. The average molecular weight is 369 g/mol. The van der Waals surface area contributed by atoms with Crippen LogP contribution in [-0.4, -0.2) is 48.6 Å². The van der Waals surface area contributed by atoms with Gasteiger partial charge in [0.2, 0.25) is 0 Å². The van der Waals surface area contributed by atoms with Gasteiger partial charge < -0.3 is 15.0 Å². The van der Waals surface area contributed by atoms with Crippen molar-refractivity contribution in [3.05, 3.63) is 16.1 Å². The molecule has 0 saturated heterocycles. The standard InChI is InChI=1S/C18H32N4O2S/c1-5-19-18(22(4)13-16-14-25-15(3)21-16)20-12-10-8-7-9-11-17(23)24-6-2/h14H,5-13H2,1-4H3,(H,19,20). The van der Waals surface area contributed by atoms with E-state index in [1.54, 1.807) is 11.3 Å². The molecule has 1 aromatic heterocycles. The van der Waals surface area contributed by atoms with Gasteiger partial charge in [-0.25, -0.2) is 4.98 Å². The summed E-state index contributed by atoms with van der Waals surface area (Å²) >= 11 is 1.67. The predicted octanol–water partition coefficient (Wildman–Crippen LogP) is 3.36. The summed E-state index contributed by atoms with van der Waals surface area (Å²) in [6.45, 7) is 8.80. The number of hydrogen-bond acceptors (Lipinski definition) is 5. The molecular formula is C18H32N4O2S. The Labute approximate surface area is 155 Å². The molecule has 0 unspecified atom stereocenters. The number of nitrogens with one attached hydrogen (secondary N) is 1. The van der Waals surface area contributed by atoms with Crippen LogP contribution in [0.3, 0.4) is 0 Å². The van der Waals surface area contributed by atoms with Crippen molar-refractivity contribution in [3.63, 3.8) is 0 Å². The molecule has 0 amide bonds. The van der Waals surface area contributed by atoms with Crippen molar-refractivity contribution >= 4 is 23.3 Å². The van der Waals surface area contributed by atoms with E-state index >= 15 is 0 Å². The Kier molecular flexibility index (Phi) is 10.9. The fourth-order valence-corrected chi connectivity index (χ4v) is 3.03. The van der Waals surface area contributed by atoms with Crippen LogP contribution in [0.4, 0.5) is 0 Å². The number of esters is 1. The molecule has 1 heterocycles. The van der Waals surface area contributed by atoms with Gasteiger partial charge in [-0.05, 0) is 33.6 Å². The van der Waals surface area contributed by atoms with Crippen LogP contribution in [0, 0.1) is 6.92 Å². The number of unbranched alkanes of at least 4 members (excludes halogenated alkanes) is 3. The van der Waals surface area contributed by atoms with Crippen LogP contribution in [0.25, 0.3) is 0 Å². The van der Waals surface area contributed by atoms with Crippen molar-refractivity contribution in [1.82, 2.24) is 15.2 Å². The molecule has 0 aliphatic carbocycles. The number of carbonyl (C=O) groups excluding carboxylic acids is 1. The number of aryl methyl sites for hydroxylation is 1. The summed E-state index contributed by atoms with van der Waals surface area (Å²) in [6.07, 6.45) is 4.57. The van der Waals surface area contributed by atoms with Gasteiger partial charge in [-0.2, -0.15) is 0 Å². The Morgan fingerprint density at radius 3 is 2.72 bits per heavy atom. The van der Waals surface area contributed by atoms with Crippen LogP contribution in [0.15, 0.2) is 10.4 Å². The first kappa shape index (κ1) is 21.4. The predicted molar refractivity (Wildman–Crippen MR) is 104 cm³/mol. The molecule has 142 valence electrons. The third-order valence-electron chi connectivity index (χ3n) is 3.62. The lowest BCUT2D eigenvalue weighted by Gasteiger charge is -2.21. The molecular weight excluding hydrogens is 336 g/mol. The largest absolute Gasteiger partial charge is 0.466 e. The number of guanidine groups is 1. The minimum absolute atomic E-state index is 0.0890. The van der Waals surface area contributed by atoms with Gasteiger partial charge in [-0.3, -0.25) is 9.79 Å². The van der Waals surface area contributed by atoms with Crippen LogP contribution in [-0.2, 0) is 16.1 Å². The molecule has 0 atom stereocenters. The number of ether oxygens (including phenoxy) is 1. The van der Waals surface area contributed by atoms with E-state index in [-0.39, 0.29) is 5.97 Å². The molecule has 0 bridgehead atoms. The molecule has 6 nitrogen and oxygen atoms in total. The van der Waals surface area contributed by atoms with Crippen molar-refractivity contribution in [1.29, 1.82) is 0 Å². The summed E-state index contributed by atoms with van der Waals surface area (Å²) in [5.41, 5.74) is 1.08. The van der Waals surface area contributed by atoms with Crippen LogP contribution < -0.4 is 5.32 Å². The first-order chi connectivity index (χ1) is 12.1. The van der Waals surface area contributed by atoms with Gasteiger partial charge in [-0.1, -0.05) is 12.8 Å². The number of nitrogens with zero attached hydrogens (tertiary/aromatic N) is 3. The number of carbonyl (C=O) groups is 1. The van der Waals surface area contributed by atoms with Crippen molar-refractivity contribution in [2.75, 3.05) is 26.7 Å². The van der Waals surface area contributed by atoms with Gasteiger partial charge in [0.25, 0.3) is 0 Å². The maximum atomic E-state index is 11.3. The lowest BCUT2D eigenvalue weighted by molar-refractivity contribution is -0.143. The Morgan fingerprint density at radius 1 is 1.32 bits per heavy atom. The lowest BCUT2D eigenvalue weighted by Crippen LogP contribution is -2.38. The third kappa shape index (κ3) is 9.43. The van der Waals surface area contributed by atoms with Crippen molar-refractivity contribution in [2.24, 2.45) is 4.99 Å². The highest BCUT2D eigenvalue weighted by molar-refractivity contribution is 7.09. The molecule has 1 N–H and O–H groups in total. The second kappa shape index (κ2) is 12.7. The van der Waals surface area contributed by atoms with Crippen LogP contribution in [0.2, 0.25) is 0 Å². The highest BCUT2D eigenvalue weighted by Gasteiger charge is 2.08. The van der Waals surface area contributed by atoms with Crippen LogP contribution in [0.5, 0.6) is 0 Å². The van der Waals surface area contributed by atoms with Gasteiger partial charge in [0.05, 0.1) is 23.9 Å². The quantitative estimate of drug-likeness (QED) is 0.281. The van der Waals surface area contributed by atoms with Gasteiger partial charge in [-0.15, -0.1) is 11.3 Å². The van der Waals surface area contributed by atoms with Crippen LogP contribution >= 0.6 is 11.3 Å². The Morgan fingerprint density at radius 2 is 2.08 bits per heavy atom. The Bertz CT molecular complexity index is 531. The molecule has 1 aromatic rings. The maximum Gasteiger partial charge on any atom is 0.305 e. The SMILES string of the molecule is CCNC(=NCCCCCCC(=O)OCC)N(C)Cc1csc(C)n1. The minimum Gasteiger partial charge on any atom is -0.466 e. The van der Waals surface area contributed by atoms with Crippen molar-refractivity contribution < 1.29 is 9.53 Å². The summed E-state index contributed by atoms with van der Waals surface area (Å²) in [7, 11) is 2.04. The number of thiazole rings is 1. The smallest absolute Gasteiger partial charge is 0.305 e. The number of aromatic nitrogens is 1. The molecule has 0 spiro atoms. The van der Waals surface area contributed by atoms with E-state index in [0.29, 0.717) is 13.0 Å². The average Bonchev–Trinajstić information content (AvgIpc) is 2.98. The zero-order chi connectivity index (χ0) is 18.5. The maximum absolute atomic E-state index is 11.3. The molecule has 0 saturated carbocycles.